The van der Waals surface area contributed by atoms with Gasteiger partial charge in [-0.1, -0.05) is 37.3 Å². The number of carbonyl (C=O) groups excluding carboxylic acids is 1. The van der Waals surface area contributed by atoms with Crippen LogP contribution >= 0.6 is 0 Å². The summed E-state index contributed by atoms with van der Waals surface area (Å²) in [6.45, 7) is 4.06. The van der Waals surface area contributed by atoms with Gasteiger partial charge in [-0.05, 0) is 48.6 Å². The summed E-state index contributed by atoms with van der Waals surface area (Å²) < 4.78 is 2.08. The number of likely N-dealkylation sites (tertiary alicyclic amines) is 1. The minimum atomic E-state index is 0.0972. The van der Waals surface area contributed by atoms with Crippen LogP contribution in [0.2, 0.25) is 0 Å². The number of amides is 1. The van der Waals surface area contributed by atoms with E-state index in [0.29, 0.717) is 17.0 Å². The second-order valence-corrected chi connectivity index (χ2v) is 8.08. The molecule has 3 aliphatic rings. The molecular formula is C20H23N3O. The van der Waals surface area contributed by atoms with Gasteiger partial charge < -0.3 is 4.90 Å². The zero-order chi connectivity index (χ0) is 16.3. The van der Waals surface area contributed by atoms with E-state index in [9.17, 15) is 4.79 Å². The molecule has 1 aromatic carbocycles. The molecule has 2 aliphatic heterocycles. The summed E-state index contributed by atoms with van der Waals surface area (Å²) >= 11 is 0. The Bertz CT molecular complexity index is 765. The summed E-state index contributed by atoms with van der Waals surface area (Å²) in [4.78, 5) is 15.1. The standard InChI is InChI=1S/C20H23N3O/c1-14-9-18(15-5-3-2-4-6-15)22(12-14)19(24)17-10-16-11-20(7-8-20)13-23(16)21-17/h2-6,10,14,18H,7-9,11-13H2,1H3. The van der Waals surface area contributed by atoms with Crippen LogP contribution in [-0.4, -0.2) is 27.1 Å². The molecule has 2 aromatic rings. The molecule has 0 N–H and O–H groups in total. The highest BCUT2D eigenvalue weighted by molar-refractivity contribution is 5.93. The lowest BCUT2D eigenvalue weighted by Crippen LogP contribution is -2.31. The van der Waals surface area contributed by atoms with Crippen LogP contribution < -0.4 is 0 Å². The van der Waals surface area contributed by atoms with Gasteiger partial charge in [0.2, 0.25) is 0 Å². The maximum Gasteiger partial charge on any atom is 0.274 e. The Morgan fingerprint density at radius 2 is 2.04 bits per heavy atom. The molecule has 2 atom stereocenters. The van der Waals surface area contributed by atoms with E-state index in [1.807, 2.05) is 17.0 Å². The third-order valence-corrected chi connectivity index (χ3v) is 6.04. The van der Waals surface area contributed by atoms with E-state index in [1.54, 1.807) is 0 Å². The van der Waals surface area contributed by atoms with Crippen LogP contribution in [0, 0.1) is 11.3 Å². The van der Waals surface area contributed by atoms with Crippen LogP contribution in [0.1, 0.15) is 54.0 Å². The molecule has 2 fully saturated rings. The summed E-state index contributed by atoms with van der Waals surface area (Å²) in [5.74, 6) is 0.628. The summed E-state index contributed by atoms with van der Waals surface area (Å²) in [6.07, 6.45) is 4.77. The highest BCUT2D eigenvalue weighted by atomic mass is 16.2. The lowest BCUT2D eigenvalue weighted by molar-refractivity contribution is 0.0725. The third kappa shape index (κ3) is 2.20. The van der Waals surface area contributed by atoms with Crippen LogP contribution in [-0.2, 0) is 13.0 Å². The summed E-state index contributed by atoms with van der Waals surface area (Å²) in [6, 6.07) is 12.6. The largest absolute Gasteiger partial charge is 0.330 e. The van der Waals surface area contributed by atoms with Crippen molar-refractivity contribution < 1.29 is 4.79 Å². The molecule has 1 aliphatic carbocycles. The van der Waals surface area contributed by atoms with E-state index in [1.165, 1.54) is 24.1 Å². The molecule has 0 radical (unpaired) electrons. The quantitative estimate of drug-likeness (QED) is 0.850. The first-order valence-electron chi connectivity index (χ1n) is 9.06. The molecule has 1 saturated heterocycles. The van der Waals surface area contributed by atoms with E-state index in [2.05, 4.69) is 41.0 Å². The first-order chi connectivity index (χ1) is 11.6. The number of rotatable bonds is 2. The van der Waals surface area contributed by atoms with Crippen LogP contribution in [0.15, 0.2) is 36.4 Å². The average molecular weight is 321 g/mol. The van der Waals surface area contributed by atoms with Crippen molar-refractivity contribution in [1.82, 2.24) is 14.7 Å². The first kappa shape index (κ1) is 14.3. The van der Waals surface area contributed by atoms with Gasteiger partial charge in [0.1, 0.15) is 0 Å². The number of nitrogens with zero attached hydrogens (tertiary/aromatic N) is 3. The SMILES string of the molecule is CC1CC(c2ccccc2)N(C(=O)c2cc3n(n2)CC2(CC2)C3)C1. The minimum absolute atomic E-state index is 0.0972. The van der Waals surface area contributed by atoms with E-state index in [0.717, 1.165) is 25.9 Å². The topological polar surface area (TPSA) is 38.1 Å². The van der Waals surface area contributed by atoms with Crippen LogP contribution in [0.4, 0.5) is 0 Å². The number of hydrogen-bond acceptors (Lipinski definition) is 2. The molecule has 1 amide bonds. The van der Waals surface area contributed by atoms with Crippen molar-refractivity contribution in [2.45, 2.75) is 45.2 Å². The van der Waals surface area contributed by atoms with Gasteiger partial charge in [0, 0.05) is 18.8 Å². The van der Waals surface area contributed by atoms with Crippen LogP contribution in [0.5, 0.6) is 0 Å². The molecule has 124 valence electrons. The third-order valence-electron chi connectivity index (χ3n) is 6.04. The summed E-state index contributed by atoms with van der Waals surface area (Å²) in [5.41, 5.74) is 3.62. The van der Waals surface area contributed by atoms with Crippen molar-refractivity contribution in [3.63, 3.8) is 0 Å². The Balaban J connectivity index is 1.42. The first-order valence-corrected chi connectivity index (χ1v) is 9.06. The van der Waals surface area contributed by atoms with Gasteiger partial charge in [-0.2, -0.15) is 5.10 Å². The van der Waals surface area contributed by atoms with Crippen molar-refractivity contribution in [1.29, 1.82) is 0 Å². The molecule has 2 unspecified atom stereocenters. The monoisotopic (exact) mass is 321 g/mol. The van der Waals surface area contributed by atoms with Crippen molar-refractivity contribution >= 4 is 5.91 Å². The maximum absolute atomic E-state index is 13.1. The van der Waals surface area contributed by atoms with Gasteiger partial charge in [0.05, 0.1) is 6.04 Å². The molecule has 24 heavy (non-hydrogen) atoms. The van der Waals surface area contributed by atoms with Gasteiger partial charge in [0.15, 0.2) is 5.69 Å². The molecule has 0 bridgehead atoms. The van der Waals surface area contributed by atoms with E-state index >= 15 is 0 Å². The van der Waals surface area contributed by atoms with Crippen LogP contribution in [0.25, 0.3) is 0 Å². The van der Waals surface area contributed by atoms with E-state index in [-0.39, 0.29) is 11.9 Å². The Labute approximate surface area is 142 Å². The average Bonchev–Trinajstić information content (AvgIpc) is 2.90. The molecule has 1 aromatic heterocycles. The molecule has 4 heteroatoms. The fraction of sp³-hybridized carbons (Fsp3) is 0.500. The number of carbonyl (C=O) groups is 1. The number of hydrogen-bond donors (Lipinski definition) is 0. The van der Waals surface area contributed by atoms with Crippen molar-refractivity contribution in [2.75, 3.05) is 6.54 Å². The molecular weight excluding hydrogens is 298 g/mol. The predicted octanol–water partition coefficient (Wildman–Crippen LogP) is 3.44. The Hall–Kier alpha value is -2.10. The van der Waals surface area contributed by atoms with Gasteiger partial charge in [-0.3, -0.25) is 9.48 Å². The van der Waals surface area contributed by atoms with Crippen molar-refractivity contribution in [3.8, 4) is 0 Å². The molecule has 5 rings (SSSR count). The highest BCUT2D eigenvalue weighted by Gasteiger charge is 2.48. The molecule has 1 saturated carbocycles. The molecule has 4 nitrogen and oxygen atoms in total. The lowest BCUT2D eigenvalue weighted by atomic mass is 10.0. The predicted molar refractivity (Wildman–Crippen MR) is 91.6 cm³/mol. The Kier molecular flexibility index (Phi) is 2.94. The Morgan fingerprint density at radius 1 is 1.25 bits per heavy atom. The Morgan fingerprint density at radius 3 is 2.75 bits per heavy atom. The van der Waals surface area contributed by atoms with Crippen molar-refractivity contribution in [3.05, 3.63) is 53.3 Å². The summed E-state index contributed by atoms with van der Waals surface area (Å²) in [7, 11) is 0. The van der Waals surface area contributed by atoms with Gasteiger partial charge >= 0.3 is 0 Å². The highest BCUT2D eigenvalue weighted by Crippen LogP contribution is 2.53. The number of fused-ring (bicyclic) bond motifs is 1. The normalized spacial score (nSPS) is 26.8. The van der Waals surface area contributed by atoms with E-state index < -0.39 is 0 Å². The fourth-order valence-electron chi connectivity index (χ4n) is 4.52. The zero-order valence-corrected chi connectivity index (χ0v) is 14.1. The van der Waals surface area contributed by atoms with Crippen molar-refractivity contribution in [2.24, 2.45) is 11.3 Å². The van der Waals surface area contributed by atoms with Gasteiger partial charge in [0.25, 0.3) is 5.91 Å². The lowest BCUT2D eigenvalue weighted by Gasteiger charge is -2.24. The molecule has 3 heterocycles. The second-order valence-electron chi connectivity index (χ2n) is 8.08. The fourth-order valence-corrected chi connectivity index (χ4v) is 4.52. The maximum atomic E-state index is 13.1. The van der Waals surface area contributed by atoms with E-state index in [4.69, 9.17) is 0 Å². The van der Waals surface area contributed by atoms with Gasteiger partial charge in [-0.15, -0.1) is 0 Å². The second kappa shape index (κ2) is 4.95. The smallest absolute Gasteiger partial charge is 0.274 e. The number of aromatic nitrogens is 2. The zero-order valence-electron chi connectivity index (χ0n) is 14.1. The molecule has 1 spiro atoms. The summed E-state index contributed by atoms with van der Waals surface area (Å²) in [5, 5.41) is 4.65. The van der Waals surface area contributed by atoms with Gasteiger partial charge in [-0.25, -0.2) is 0 Å². The minimum Gasteiger partial charge on any atom is -0.330 e. The number of benzene rings is 1. The van der Waals surface area contributed by atoms with Crippen LogP contribution in [0.3, 0.4) is 0 Å².